The van der Waals surface area contributed by atoms with Gasteiger partial charge >= 0.3 is 0 Å². The number of hydrogen-bond donors (Lipinski definition) is 1. The van der Waals surface area contributed by atoms with Crippen LogP contribution < -0.4 is 4.74 Å². The summed E-state index contributed by atoms with van der Waals surface area (Å²) in [6.45, 7) is 9.57. The van der Waals surface area contributed by atoms with Crippen molar-refractivity contribution < 1.29 is 14.6 Å². The quantitative estimate of drug-likeness (QED) is 0.786. The number of fused-ring (bicyclic) bond motifs is 1. The van der Waals surface area contributed by atoms with Gasteiger partial charge in [-0.05, 0) is 52.5 Å². The topological polar surface area (TPSA) is 46.5 Å². The number of aldehydes is 1. The zero-order chi connectivity index (χ0) is 18.2. The number of phenolic OH excluding ortho intramolecular Hbond substituents is 1. The van der Waals surface area contributed by atoms with Gasteiger partial charge < -0.3 is 9.84 Å². The van der Waals surface area contributed by atoms with Crippen LogP contribution in [0.1, 0.15) is 67.6 Å². The Morgan fingerprint density at radius 2 is 1.72 bits per heavy atom. The summed E-state index contributed by atoms with van der Waals surface area (Å²) >= 11 is 0. The Hall–Kier alpha value is -2.29. The Labute approximate surface area is 149 Å². The van der Waals surface area contributed by atoms with Crippen molar-refractivity contribution >= 4 is 6.29 Å². The molecule has 1 N–H and O–H groups in total. The van der Waals surface area contributed by atoms with E-state index >= 15 is 0 Å². The molecule has 0 bridgehead atoms. The van der Waals surface area contributed by atoms with Crippen LogP contribution in [0.2, 0.25) is 0 Å². The second kappa shape index (κ2) is 6.21. The molecule has 1 aliphatic rings. The van der Waals surface area contributed by atoms with Crippen LogP contribution in [-0.2, 0) is 17.4 Å². The first kappa shape index (κ1) is 17.5. The number of benzene rings is 2. The number of carbonyl (C=O) groups excluding carboxylic acids is 1. The summed E-state index contributed by atoms with van der Waals surface area (Å²) in [6, 6.07) is 11.5. The number of carbonyl (C=O) groups is 1. The number of para-hydroxylation sites is 1. The predicted octanol–water partition coefficient (Wildman–Crippen LogP) is 5.13. The Morgan fingerprint density at radius 3 is 2.40 bits per heavy atom. The number of phenols is 1. The van der Waals surface area contributed by atoms with Gasteiger partial charge in [0, 0.05) is 0 Å². The molecule has 3 rings (SSSR count). The lowest BCUT2D eigenvalue weighted by Crippen LogP contribution is -2.33. The summed E-state index contributed by atoms with van der Waals surface area (Å²) in [5.74, 6) is 0.235. The SMILES string of the molecule is CC1(C)CCC(C)(C)c2cc(COc3cccc(C=O)c3O)ccc21. The minimum Gasteiger partial charge on any atom is -0.504 e. The molecular formula is C22H26O3. The molecule has 1 aliphatic carbocycles. The first-order chi connectivity index (χ1) is 11.7. The highest BCUT2D eigenvalue weighted by atomic mass is 16.5. The smallest absolute Gasteiger partial charge is 0.168 e. The average Bonchev–Trinajstić information content (AvgIpc) is 2.58. The van der Waals surface area contributed by atoms with Crippen molar-refractivity contribution in [3.05, 3.63) is 58.7 Å². The van der Waals surface area contributed by atoms with Crippen molar-refractivity contribution in [1.29, 1.82) is 0 Å². The standard InChI is InChI=1S/C22H26O3/c1-21(2)10-11-22(3,4)18-12-15(8-9-17(18)21)14-25-19-7-5-6-16(13-23)20(19)24/h5-9,12-13,24H,10-11,14H2,1-4H3. The maximum atomic E-state index is 10.9. The molecule has 0 fully saturated rings. The molecule has 0 saturated heterocycles. The third-order valence-corrected chi connectivity index (χ3v) is 5.47. The van der Waals surface area contributed by atoms with E-state index in [9.17, 15) is 9.90 Å². The lowest BCUT2D eigenvalue weighted by atomic mass is 9.63. The van der Waals surface area contributed by atoms with Crippen LogP contribution >= 0.6 is 0 Å². The van der Waals surface area contributed by atoms with Gasteiger partial charge in [0.2, 0.25) is 0 Å². The van der Waals surface area contributed by atoms with Crippen LogP contribution in [0.25, 0.3) is 0 Å². The number of hydrogen-bond acceptors (Lipinski definition) is 3. The van der Waals surface area contributed by atoms with Crippen molar-refractivity contribution in [2.75, 3.05) is 0 Å². The molecule has 2 aromatic carbocycles. The summed E-state index contributed by atoms with van der Waals surface area (Å²) in [4.78, 5) is 10.9. The van der Waals surface area contributed by atoms with Crippen molar-refractivity contribution in [2.24, 2.45) is 0 Å². The fourth-order valence-corrected chi connectivity index (χ4v) is 3.64. The van der Waals surface area contributed by atoms with E-state index in [1.807, 2.05) is 0 Å². The van der Waals surface area contributed by atoms with Crippen LogP contribution in [-0.4, -0.2) is 11.4 Å². The van der Waals surface area contributed by atoms with Crippen LogP contribution in [0.4, 0.5) is 0 Å². The van der Waals surface area contributed by atoms with Gasteiger partial charge in [-0.1, -0.05) is 52.0 Å². The van der Waals surface area contributed by atoms with Gasteiger partial charge in [0.05, 0.1) is 5.56 Å². The van der Waals surface area contributed by atoms with Crippen molar-refractivity contribution in [3.8, 4) is 11.5 Å². The molecule has 2 aromatic rings. The van der Waals surface area contributed by atoms with E-state index in [-0.39, 0.29) is 22.1 Å². The van der Waals surface area contributed by atoms with E-state index in [2.05, 4.69) is 45.9 Å². The van der Waals surface area contributed by atoms with Crippen LogP contribution in [0, 0.1) is 0 Å². The van der Waals surface area contributed by atoms with Crippen LogP contribution in [0.15, 0.2) is 36.4 Å². The Kier molecular flexibility index (Phi) is 4.36. The fourth-order valence-electron chi connectivity index (χ4n) is 3.64. The van der Waals surface area contributed by atoms with Crippen LogP contribution in [0.5, 0.6) is 11.5 Å². The molecule has 3 heteroatoms. The van der Waals surface area contributed by atoms with Gasteiger partial charge in [0.1, 0.15) is 6.61 Å². The molecule has 0 unspecified atom stereocenters. The normalized spacial score (nSPS) is 17.6. The maximum absolute atomic E-state index is 10.9. The van der Waals surface area contributed by atoms with Crippen molar-refractivity contribution in [3.63, 3.8) is 0 Å². The molecule has 0 radical (unpaired) electrons. The lowest BCUT2D eigenvalue weighted by Gasteiger charge is -2.42. The van der Waals surface area contributed by atoms with Gasteiger partial charge in [0.15, 0.2) is 17.8 Å². The van der Waals surface area contributed by atoms with E-state index in [1.54, 1.807) is 18.2 Å². The zero-order valence-corrected chi connectivity index (χ0v) is 15.4. The third kappa shape index (κ3) is 3.28. The summed E-state index contributed by atoms with van der Waals surface area (Å²) in [5, 5.41) is 10.1. The molecule has 132 valence electrons. The Balaban J connectivity index is 1.87. The number of aromatic hydroxyl groups is 1. The van der Waals surface area contributed by atoms with E-state index in [0.717, 1.165) is 5.56 Å². The first-order valence-electron chi connectivity index (χ1n) is 8.78. The number of ether oxygens (including phenoxy) is 1. The summed E-state index contributed by atoms with van der Waals surface area (Å²) in [7, 11) is 0. The van der Waals surface area contributed by atoms with E-state index in [0.29, 0.717) is 18.6 Å². The zero-order valence-electron chi connectivity index (χ0n) is 15.4. The number of rotatable bonds is 4. The molecule has 0 saturated carbocycles. The lowest BCUT2D eigenvalue weighted by molar-refractivity contribution is 0.112. The highest BCUT2D eigenvalue weighted by Gasteiger charge is 2.36. The third-order valence-electron chi connectivity index (χ3n) is 5.47. The summed E-state index contributed by atoms with van der Waals surface area (Å²) < 4.78 is 5.77. The van der Waals surface area contributed by atoms with Gasteiger partial charge in [-0.15, -0.1) is 0 Å². The highest BCUT2D eigenvalue weighted by molar-refractivity contribution is 5.80. The molecular weight excluding hydrogens is 312 g/mol. The molecule has 0 aliphatic heterocycles. The van der Waals surface area contributed by atoms with Gasteiger partial charge in [-0.3, -0.25) is 4.79 Å². The minimum absolute atomic E-state index is 0.100. The second-order valence-corrected chi connectivity index (χ2v) is 8.25. The Morgan fingerprint density at radius 1 is 1.04 bits per heavy atom. The second-order valence-electron chi connectivity index (χ2n) is 8.25. The van der Waals surface area contributed by atoms with Gasteiger partial charge in [0.25, 0.3) is 0 Å². The molecule has 25 heavy (non-hydrogen) atoms. The highest BCUT2D eigenvalue weighted by Crippen LogP contribution is 2.46. The fraction of sp³-hybridized carbons (Fsp3) is 0.409. The predicted molar refractivity (Wildman–Crippen MR) is 99.6 cm³/mol. The molecule has 3 nitrogen and oxygen atoms in total. The monoisotopic (exact) mass is 338 g/mol. The van der Waals surface area contributed by atoms with E-state index in [4.69, 9.17) is 4.74 Å². The summed E-state index contributed by atoms with van der Waals surface area (Å²) in [6.07, 6.45) is 2.99. The maximum Gasteiger partial charge on any atom is 0.168 e. The summed E-state index contributed by atoms with van der Waals surface area (Å²) in [5.41, 5.74) is 4.46. The van der Waals surface area contributed by atoms with Gasteiger partial charge in [-0.2, -0.15) is 0 Å². The van der Waals surface area contributed by atoms with Crippen molar-refractivity contribution in [2.45, 2.75) is 58.0 Å². The van der Waals surface area contributed by atoms with Gasteiger partial charge in [-0.25, -0.2) is 0 Å². The first-order valence-corrected chi connectivity index (χ1v) is 8.78. The van der Waals surface area contributed by atoms with E-state index in [1.165, 1.54) is 24.0 Å². The van der Waals surface area contributed by atoms with Crippen LogP contribution in [0.3, 0.4) is 0 Å². The molecule has 0 spiro atoms. The molecule has 0 amide bonds. The average molecular weight is 338 g/mol. The largest absolute Gasteiger partial charge is 0.504 e. The molecule has 0 heterocycles. The molecule has 0 aromatic heterocycles. The Bertz CT molecular complexity index is 803. The van der Waals surface area contributed by atoms with Crippen molar-refractivity contribution in [1.82, 2.24) is 0 Å². The molecule has 0 atom stereocenters. The minimum atomic E-state index is -0.100. The van der Waals surface area contributed by atoms with E-state index < -0.39 is 0 Å².